The molecule has 5 heteroatoms. The molecule has 0 bridgehead atoms. The lowest BCUT2D eigenvalue weighted by Gasteiger charge is -2.35. The van der Waals surface area contributed by atoms with E-state index in [4.69, 9.17) is 0 Å². The van der Waals surface area contributed by atoms with E-state index in [9.17, 15) is 14.7 Å². The summed E-state index contributed by atoms with van der Waals surface area (Å²) in [6, 6.07) is 8.62. The highest BCUT2D eigenvalue weighted by Gasteiger charge is 2.33. The van der Waals surface area contributed by atoms with Crippen molar-refractivity contribution >= 4 is 11.8 Å². The first kappa shape index (κ1) is 18.5. The maximum atomic E-state index is 12.7. The van der Waals surface area contributed by atoms with Crippen LogP contribution in [0.1, 0.15) is 56.3 Å². The van der Waals surface area contributed by atoms with Gasteiger partial charge in [0, 0.05) is 18.7 Å². The summed E-state index contributed by atoms with van der Waals surface area (Å²) in [5.74, 6) is -0.268. The molecule has 0 saturated carbocycles. The van der Waals surface area contributed by atoms with Crippen LogP contribution in [0.4, 0.5) is 0 Å². The molecule has 1 atom stereocenters. The Kier molecular flexibility index (Phi) is 6.37. The minimum Gasteiger partial charge on any atom is -0.388 e. The number of aliphatic hydroxyl groups is 1. The third-order valence-corrected chi connectivity index (χ3v) is 4.99. The first-order valence-corrected chi connectivity index (χ1v) is 8.87. The second-order valence-corrected chi connectivity index (χ2v) is 6.53. The Morgan fingerprint density at radius 3 is 2.50 bits per heavy atom. The monoisotopic (exact) mass is 332 g/mol. The van der Waals surface area contributed by atoms with Crippen molar-refractivity contribution in [2.45, 2.75) is 57.6 Å². The van der Waals surface area contributed by atoms with E-state index in [0.29, 0.717) is 31.4 Å². The van der Waals surface area contributed by atoms with Crippen molar-refractivity contribution in [2.75, 3.05) is 13.1 Å². The lowest BCUT2D eigenvalue weighted by atomic mass is 9.96. The molecule has 0 radical (unpaired) electrons. The molecule has 1 unspecified atom stereocenters. The molecule has 1 saturated heterocycles. The molecule has 5 nitrogen and oxygen atoms in total. The number of piperidine rings is 1. The fraction of sp³-hybridized carbons (Fsp3) is 0.579. The second kappa shape index (κ2) is 8.29. The van der Waals surface area contributed by atoms with E-state index in [1.807, 2.05) is 32.0 Å². The molecule has 24 heavy (non-hydrogen) atoms. The van der Waals surface area contributed by atoms with Crippen molar-refractivity contribution in [1.29, 1.82) is 0 Å². The molecular weight excluding hydrogens is 304 g/mol. The zero-order valence-electron chi connectivity index (χ0n) is 14.6. The van der Waals surface area contributed by atoms with Gasteiger partial charge in [-0.3, -0.25) is 9.59 Å². The van der Waals surface area contributed by atoms with Gasteiger partial charge in [-0.2, -0.15) is 0 Å². The van der Waals surface area contributed by atoms with Crippen LogP contribution in [0, 0.1) is 0 Å². The number of nitrogens with one attached hydrogen (secondary N) is 1. The zero-order chi connectivity index (χ0) is 17.6. The number of benzene rings is 1. The molecule has 2 rings (SSSR count). The van der Waals surface area contributed by atoms with Crippen LogP contribution in [0.3, 0.4) is 0 Å². The van der Waals surface area contributed by atoms with Gasteiger partial charge in [-0.15, -0.1) is 0 Å². The van der Waals surface area contributed by atoms with Crippen LogP contribution < -0.4 is 5.32 Å². The molecule has 0 aliphatic carbocycles. The number of hydrogen-bond acceptors (Lipinski definition) is 3. The van der Waals surface area contributed by atoms with Gasteiger partial charge in [-0.1, -0.05) is 32.0 Å². The highest BCUT2D eigenvalue weighted by atomic mass is 16.3. The normalized spacial score (nSPS) is 18.3. The van der Waals surface area contributed by atoms with Crippen LogP contribution >= 0.6 is 0 Å². The first-order valence-electron chi connectivity index (χ1n) is 8.87. The molecule has 132 valence electrons. The van der Waals surface area contributed by atoms with Crippen molar-refractivity contribution in [3.05, 3.63) is 35.9 Å². The molecule has 1 aromatic rings. The van der Waals surface area contributed by atoms with Crippen LogP contribution in [-0.4, -0.2) is 46.6 Å². The van der Waals surface area contributed by atoms with Gasteiger partial charge in [0.2, 0.25) is 5.91 Å². The van der Waals surface area contributed by atoms with Gasteiger partial charge in [0.25, 0.3) is 5.91 Å². The van der Waals surface area contributed by atoms with Gasteiger partial charge in [-0.25, -0.2) is 0 Å². The van der Waals surface area contributed by atoms with Gasteiger partial charge < -0.3 is 15.3 Å². The molecule has 2 amide bonds. The molecule has 0 spiro atoms. The summed E-state index contributed by atoms with van der Waals surface area (Å²) in [7, 11) is 0. The number of carbonyl (C=O) groups is 2. The summed E-state index contributed by atoms with van der Waals surface area (Å²) in [5, 5.41) is 13.2. The van der Waals surface area contributed by atoms with Crippen molar-refractivity contribution in [3.8, 4) is 0 Å². The molecule has 0 aromatic heterocycles. The van der Waals surface area contributed by atoms with E-state index in [1.165, 1.54) is 0 Å². The highest BCUT2D eigenvalue weighted by molar-refractivity contribution is 5.97. The Hall–Kier alpha value is -1.88. The van der Waals surface area contributed by atoms with Crippen molar-refractivity contribution in [1.82, 2.24) is 10.2 Å². The molecule has 1 aliphatic rings. The third-order valence-electron chi connectivity index (χ3n) is 4.99. The smallest absolute Gasteiger partial charge is 0.254 e. The maximum Gasteiger partial charge on any atom is 0.254 e. The number of nitrogens with zero attached hydrogens (tertiary/aromatic N) is 1. The number of likely N-dealkylation sites (tertiary alicyclic amines) is 1. The van der Waals surface area contributed by atoms with Crippen LogP contribution in [0.15, 0.2) is 30.3 Å². The van der Waals surface area contributed by atoms with Crippen LogP contribution in [-0.2, 0) is 4.79 Å². The van der Waals surface area contributed by atoms with E-state index < -0.39 is 11.6 Å². The SMILES string of the molecule is CCC(O)(CC)CNC(=O)C1CCCCN1C(=O)c1ccccc1. The van der Waals surface area contributed by atoms with E-state index in [0.717, 1.165) is 12.8 Å². The quantitative estimate of drug-likeness (QED) is 0.840. The predicted molar refractivity (Wildman–Crippen MR) is 93.7 cm³/mol. The molecule has 1 heterocycles. The van der Waals surface area contributed by atoms with Crippen molar-refractivity contribution < 1.29 is 14.7 Å². The summed E-state index contributed by atoms with van der Waals surface area (Å²) < 4.78 is 0. The Labute approximate surface area is 144 Å². The van der Waals surface area contributed by atoms with E-state index in [-0.39, 0.29) is 18.4 Å². The third kappa shape index (κ3) is 4.35. The Balaban J connectivity index is 2.06. The summed E-state index contributed by atoms with van der Waals surface area (Å²) in [6.45, 7) is 4.63. The van der Waals surface area contributed by atoms with Gasteiger partial charge in [-0.05, 0) is 44.2 Å². The van der Waals surface area contributed by atoms with Gasteiger partial charge in [0.05, 0.1) is 5.60 Å². The number of hydrogen-bond donors (Lipinski definition) is 2. The lowest BCUT2D eigenvalue weighted by molar-refractivity contribution is -0.128. The standard InChI is InChI=1S/C19H28N2O3/c1-3-19(24,4-2)14-20-17(22)16-12-8-9-13-21(16)18(23)15-10-6-5-7-11-15/h5-7,10-11,16,24H,3-4,8-9,12-14H2,1-2H3,(H,20,22). The summed E-state index contributed by atoms with van der Waals surface area (Å²) in [5.41, 5.74) is -0.269. The maximum absolute atomic E-state index is 12.7. The zero-order valence-corrected chi connectivity index (χ0v) is 14.6. The average Bonchev–Trinajstić information content (AvgIpc) is 2.66. The van der Waals surface area contributed by atoms with Crippen LogP contribution in [0.5, 0.6) is 0 Å². The summed E-state index contributed by atoms with van der Waals surface area (Å²) >= 11 is 0. The Bertz CT molecular complexity index is 555. The molecule has 1 aromatic carbocycles. The molecule has 2 N–H and O–H groups in total. The van der Waals surface area contributed by atoms with E-state index in [2.05, 4.69) is 5.32 Å². The van der Waals surface area contributed by atoms with Gasteiger partial charge in [0.15, 0.2) is 0 Å². The lowest BCUT2D eigenvalue weighted by Crippen LogP contribution is -2.54. The molecule has 1 aliphatic heterocycles. The van der Waals surface area contributed by atoms with E-state index in [1.54, 1.807) is 17.0 Å². The minimum atomic E-state index is -0.876. The minimum absolute atomic E-state index is 0.100. The van der Waals surface area contributed by atoms with Crippen molar-refractivity contribution in [2.24, 2.45) is 0 Å². The summed E-state index contributed by atoms with van der Waals surface area (Å²) in [4.78, 5) is 27.0. The van der Waals surface area contributed by atoms with Gasteiger partial charge in [0.1, 0.15) is 6.04 Å². The summed E-state index contributed by atoms with van der Waals surface area (Å²) in [6.07, 6.45) is 3.68. The van der Waals surface area contributed by atoms with Crippen molar-refractivity contribution in [3.63, 3.8) is 0 Å². The van der Waals surface area contributed by atoms with E-state index >= 15 is 0 Å². The van der Waals surface area contributed by atoms with Crippen LogP contribution in [0.2, 0.25) is 0 Å². The first-order chi connectivity index (χ1) is 11.5. The van der Waals surface area contributed by atoms with Gasteiger partial charge >= 0.3 is 0 Å². The largest absolute Gasteiger partial charge is 0.388 e. The Morgan fingerprint density at radius 2 is 1.88 bits per heavy atom. The fourth-order valence-corrected chi connectivity index (χ4v) is 3.06. The number of rotatable bonds is 6. The predicted octanol–water partition coefficient (Wildman–Crippen LogP) is 2.35. The molecule has 1 fully saturated rings. The van der Waals surface area contributed by atoms with Crippen LogP contribution in [0.25, 0.3) is 0 Å². The fourth-order valence-electron chi connectivity index (χ4n) is 3.06. The Morgan fingerprint density at radius 1 is 1.21 bits per heavy atom. The topological polar surface area (TPSA) is 69.6 Å². The number of carbonyl (C=O) groups excluding carboxylic acids is 2. The average molecular weight is 332 g/mol. The highest BCUT2D eigenvalue weighted by Crippen LogP contribution is 2.20. The molecular formula is C19H28N2O3. The number of amides is 2. The second-order valence-electron chi connectivity index (χ2n) is 6.53.